The van der Waals surface area contributed by atoms with Gasteiger partial charge in [-0.1, -0.05) is 18.2 Å². The zero-order valence-corrected chi connectivity index (χ0v) is 20.5. The van der Waals surface area contributed by atoms with Crippen LogP contribution >= 0.6 is 0 Å². The molecule has 1 aliphatic carbocycles. The maximum Gasteiger partial charge on any atom is 0.314 e. The van der Waals surface area contributed by atoms with Gasteiger partial charge in [0.05, 0.1) is 18.1 Å². The molecule has 0 aromatic heterocycles. The van der Waals surface area contributed by atoms with E-state index in [0.717, 1.165) is 0 Å². The first kappa shape index (κ1) is 30.7. The Hall–Kier alpha value is -1.49. The van der Waals surface area contributed by atoms with Crippen molar-refractivity contribution in [2.24, 2.45) is 5.41 Å². The standard InChI is InChI=1S/C23H38O13/c1-5-6-7-9(2)20(32)23(3,4)22(33)36-18-10(8-24)34-21(17(31)16(18)30)35-19-14(28)12(26)11(25)13(27)15(19)29/h5-7,10-21,24-32H,8H2,1-4H3/b6-5+,9-7+/t10-,11?,12-,13+,14-,15+,16-,17+,18+,19?,20+,21+/m0/s1. The van der Waals surface area contributed by atoms with Crippen molar-refractivity contribution < 1.29 is 65.0 Å². The summed E-state index contributed by atoms with van der Waals surface area (Å²) < 4.78 is 16.1. The zero-order chi connectivity index (χ0) is 27.5. The molecule has 1 aliphatic heterocycles. The number of esters is 1. The van der Waals surface area contributed by atoms with Crippen LogP contribution in [0.1, 0.15) is 27.7 Å². The molecule has 13 heteroatoms. The molecule has 208 valence electrons. The van der Waals surface area contributed by atoms with Crippen LogP contribution in [0.15, 0.2) is 23.8 Å². The van der Waals surface area contributed by atoms with Gasteiger partial charge in [-0.3, -0.25) is 4.79 Å². The monoisotopic (exact) mass is 522 g/mol. The smallest absolute Gasteiger partial charge is 0.314 e. The third-order valence-electron chi connectivity index (χ3n) is 6.62. The van der Waals surface area contributed by atoms with E-state index in [0.29, 0.717) is 5.57 Å². The van der Waals surface area contributed by atoms with Gasteiger partial charge >= 0.3 is 5.97 Å². The van der Waals surface area contributed by atoms with Crippen LogP contribution in [0.5, 0.6) is 0 Å². The molecule has 0 spiro atoms. The van der Waals surface area contributed by atoms with E-state index >= 15 is 0 Å². The van der Waals surface area contributed by atoms with Gasteiger partial charge < -0.3 is 60.2 Å². The van der Waals surface area contributed by atoms with Crippen molar-refractivity contribution in [3.63, 3.8) is 0 Å². The molecule has 0 amide bonds. The average Bonchev–Trinajstić information content (AvgIpc) is 2.85. The van der Waals surface area contributed by atoms with Crippen molar-refractivity contribution >= 4 is 5.97 Å². The van der Waals surface area contributed by atoms with E-state index in [9.17, 15) is 50.8 Å². The van der Waals surface area contributed by atoms with Crippen LogP contribution in [-0.2, 0) is 19.0 Å². The highest BCUT2D eigenvalue weighted by atomic mass is 16.7. The lowest BCUT2D eigenvalue weighted by Gasteiger charge is -2.46. The van der Waals surface area contributed by atoms with Gasteiger partial charge in [-0.05, 0) is 33.3 Å². The summed E-state index contributed by atoms with van der Waals surface area (Å²) in [6.45, 7) is 5.40. The van der Waals surface area contributed by atoms with E-state index in [1.165, 1.54) is 13.8 Å². The minimum absolute atomic E-state index is 0.460. The Morgan fingerprint density at radius 3 is 1.92 bits per heavy atom. The topological polar surface area (TPSA) is 227 Å². The van der Waals surface area contributed by atoms with Crippen LogP contribution in [0, 0.1) is 5.41 Å². The van der Waals surface area contributed by atoms with E-state index in [1.54, 1.807) is 32.1 Å². The number of carbonyl (C=O) groups is 1. The van der Waals surface area contributed by atoms with E-state index in [2.05, 4.69) is 0 Å². The Bertz CT molecular complexity index is 781. The molecule has 1 saturated heterocycles. The van der Waals surface area contributed by atoms with E-state index < -0.39 is 91.4 Å². The highest BCUT2D eigenvalue weighted by Gasteiger charge is 2.54. The lowest BCUT2D eigenvalue weighted by atomic mass is 9.82. The Morgan fingerprint density at radius 2 is 1.42 bits per heavy atom. The molecule has 2 unspecified atom stereocenters. The van der Waals surface area contributed by atoms with Gasteiger partial charge in [-0.2, -0.15) is 0 Å². The number of allylic oxidation sites excluding steroid dienone is 3. The summed E-state index contributed by atoms with van der Waals surface area (Å²) >= 11 is 0. The summed E-state index contributed by atoms with van der Waals surface area (Å²) in [6, 6.07) is 0. The minimum atomic E-state index is -1.93. The van der Waals surface area contributed by atoms with Crippen molar-refractivity contribution in [3.8, 4) is 0 Å². The van der Waals surface area contributed by atoms with Gasteiger partial charge in [0.2, 0.25) is 0 Å². The van der Waals surface area contributed by atoms with E-state index in [1.807, 2.05) is 0 Å². The van der Waals surface area contributed by atoms with Crippen LogP contribution in [0.4, 0.5) is 0 Å². The van der Waals surface area contributed by atoms with Crippen molar-refractivity contribution in [1.29, 1.82) is 0 Å². The highest BCUT2D eigenvalue weighted by Crippen LogP contribution is 2.33. The van der Waals surface area contributed by atoms with Crippen LogP contribution in [0.3, 0.4) is 0 Å². The third-order valence-corrected chi connectivity index (χ3v) is 6.62. The molecule has 12 atom stereocenters. The van der Waals surface area contributed by atoms with Crippen molar-refractivity contribution in [3.05, 3.63) is 23.8 Å². The first-order chi connectivity index (χ1) is 16.7. The SMILES string of the molecule is C/C=C/C=C(\C)[C@@H](O)C(C)(C)C(=O)O[C@H]1[C@@H](O)[C@@H](O)[C@@H](OC2[C@@H](O)[C@@H](O)C(O)[C@@H](O)[C@H]2O)O[C@H]1CO. The van der Waals surface area contributed by atoms with Gasteiger partial charge in [-0.25, -0.2) is 0 Å². The normalized spacial score (nSPS) is 41.4. The summed E-state index contributed by atoms with van der Waals surface area (Å²) in [6.07, 6.45) is -16.1. The molecule has 36 heavy (non-hydrogen) atoms. The molecule has 0 bridgehead atoms. The van der Waals surface area contributed by atoms with Crippen LogP contribution in [0.25, 0.3) is 0 Å². The maximum absolute atomic E-state index is 12.9. The molecule has 2 rings (SSSR count). The summed E-state index contributed by atoms with van der Waals surface area (Å²) in [5.41, 5.74) is -1.04. The second kappa shape index (κ2) is 12.4. The van der Waals surface area contributed by atoms with Crippen LogP contribution in [0.2, 0.25) is 0 Å². The first-order valence-corrected chi connectivity index (χ1v) is 11.6. The molecule has 0 aromatic carbocycles. The zero-order valence-electron chi connectivity index (χ0n) is 20.5. The summed E-state index contributed by atoms with van der Waals surface area (Å²) in [5, 5.41) is 91.3. The number of aliphatic hydroxyl groups is 9. The number of rotatable bonds is 8. The highest BCUT2D eigenvalue weighted by molar-refractivity contribution is 5.77. The Labute approximate surface area is 208 Å². The second-order valence-corrected chi connectivity index (χ2v) is 9.69. The maximum atomic E-state index is 12.9. The van der Waals surface area contributed by atoms with Crippen molar-refractivity contribution in [2.45, 2.75) is 101 Å². The molecular formula is C23H38O13. The Balaban J connectivity index is 2.17. The summed E-state index contributed by atoms with van der Waals surface area (Å²) in [4.78, 5) is 12.9. The van der Waals surface area contributed by atoms with Crippen molar-refractivity contribution in [1.82, 2.24) is 0 Å². The molecule has 1 heterocycles. The quantitative estimate of drug-likeness (QED) is 0.111. The number of hydrogen-bond acceptors (Lipinski definition) is 13. The lowest BCUT2D eigenvalue weighted by molar-refractivity contribution is -0.340. The molecule has 1 saturated carbocycles. The van der Waals surface area contributed by atoms with Gasteiger partial charge in [0.25, 0.3) is 0 Å². The molecule has 2 fully saturated rings. The van der Waals surface area contributed by atoms with E-state index in [4.69, 9.17) is 14.2 Å². The van der Waals surface area contributed by atoms with Crippen molar-refractivity contribution in [2.75, 3.05) is 6.61 Å². The average molecular weight is 523 g/mol. The molecule has 2 aliphatic rings. The third kappa shape index (κ3) is 6.14. The predicted octanol–water partition coefficient (Wildman–Crippen LogP) is -3.55. The summed E-state index contributed by atoms with van der Waals surface area (Å²) in [7, 11) is 0. The minimum Gasteiger partial charge on any atom is -0.456 e. The van der Waals surface area contributed by atoms with E-state index in [-0.39, 0.29) is 0 Å². The number of hydrogen-bond donors (Lipinski definition) is 9. The van der Waals surface area contributed by atoms with Gasteiger partial charge in [0, 0.05) is 0 Å². The molecule has 9 N–H and O–H groups in total. The lowest BCUT2D eigenvalue weighted by Crippen LogP contribution is -2.67. The Kier molecular flexibility index (Phi) is 10.6. The summed E-state index contributed by atoms with van der Waals surface area (Å²) in [5.74, 6) is -0.959. The molecule has 0 radical (unpaired) electrons. The largest absolute Gasteiger partial charge is 0.456 e. The molecule has 0 aromatic rings. The first-order valence-electron chi connectivity index (χ1n) is 11.6. The fourth-order valence-corrected chi connectivity index (χ4v) is 4.12. The van der Waals surface area contributed by atoms with Gasteiger partial charge in [-0.15, -0.1) is 0 Å². The van der Waals surface area contributed by atoms with Gasteiger partial charge in [0.15, 0.2) is 12.4 Å². The molecule has 13 nitrogen and oxygen atoms in total. The number of aliphatic hydroxyl groups excluding tert-OH is 9. The van der Waals surface area contributed by atoms with Crippen LogP contribution in [-0.4, -0.2) is 132 Å². The predicted molar refractivity (Wildman–Crippen MR) is 121 cm³/mol. The fourth-order valence-electron chi connectivity index (χ4n) is 4.12. The number of ether oxygens (including phenoxy) is 3. The van der Waals surface area contributed by atoms with Gasteiger partial charge in [0.1, 0.15) is 54.9 Å². The second-order valence-electron chi connectivity index (χ2n) is 9.69. The fraction of sp³-hybridized carbons (Fsp3) is 0.783. The van der Waals surface area contributed by atoms with Crippen LogP contribution < -0.4 is 0 Å². The Morgan fingerprint density at radius 1 is 0.917 bits per heavy atom. The number of carbonyl (C=O) groups excluding carboxylic acids is 1. The molecular weight excluding hydrogens is 484 g/mol.